The summed E-state index contributed by atoms with van der Waals surface area (Å²) in [6, 6.07) is 11.3. The minimum atomic E-state index is 0.556. The molecule has 0 aliphatic heterocycles. The molecule has 1 aromatic carbocycles. The van der Waals surface area contributed by atoms with Crippen LogP contribution < -0.4 is 15.2 Å². The fourth-order valence-electron chi connectivity index (χ4n) is 1.39. The maximum atomic E-state index is 5.88. The minimum Gasteiger partial charge on any atom is -0.497 e. The van der Waals surface area contributed by atoms with Crippen LogP contribution in [0.15, 0.2) is 46.3 Å². The first-order valence-electron chi connectivity index (χ1n) is 5.35. The summed E-state index contributed by atoms with van der Waals surface area (Å²) < 4.78 is 10.2. The number of ether oxygens (including phenoxy) is 2. The second kappa shape index (κ2) is 5.64. The molecule has 0 atom stereocenters. The van der Waals surface area contributed by atoms with E-state index in [0.717, 1.165) is 15.7 Å². The van der Waals surface area contributed by atoms with Crippen LogP contribution in [0.2, 0.25) is 0 Å². The number of anilines is 1. The van der Waals surface area contributed by atoms with E-state index in [2.05, 4.69) is 4.98 Å². The molecule has 94 valence electrons. The quantitative estimate of drug-likeness (QED) is 0.918. The molecule has 0 spiro atoms. The second-order valence-electron chi connectivity index (χ2n) is 3.53. The Morgan fingerprint density at radius 1 is 1.00 bits per heavy atom. The number of rotatable bonds is 4. The average Bonchev–Trinajstić information content (AvgIpc) is 2.42. The van der Waals surface area contributed by atoms with Gasteiger partial charge in [0.15, 0.2) is 0 Å². The van der Waals surface area contributed by atoms with Gasteiger partial charge in [0.05, 0.1) is 19.9 Å². The van der Waals surface area contributed by atoms with Crippen molar-refractivity contribution >= 4 is 17.4 Å². The molecule has 0 radical (unpaired) electrons. The van der Waals surface area contributed by atoms with Crippen LogP contribution in [0.3, 0.4) is 0 Å². The van der Waals surface area contributed by atoms with Crippen molar-refractivity contribution in [2.45, 2.75) is 9.92 Å². The Bertz CT molecular complexity index is 529. The predicted molar refractivity (Wildman–Crippen MR) is 72.3 cm³/mol. The van der Waals surface area contributed by atoms with Gasteiger partial charge in [0, 0.05) is 11.0 Å². The minimum absolute atomic E-state index is 0.556. The Balaban J connectivity index is 2.21. The zero-order valence-corrected chi connectivity index (χ0v) is 11.0. The molecule has 18 heavy (non-hydrogen) atoms. The predicted octanol–water partition coefficient (Wildman–Crippen LogP) is 2.83. The highest BCUT2D eigenvalue weighted by Crippen LogP contribution is 2.32. The van der Waals surface area contributed by atoms with E-state index in [1.165, 1.54) is 11.8 Å². The van der Waals surface area contributed by atoms with E-state index in [-0.39, 0.29) is 0 Å². The standard InChI is InChI=1S/C13H14N2O2S/c1-16-9-3-5-10(6-4-9)18-13-11(14)7-8-12(15-13)17-2/h3-8H,14H2,1-2H3. The first kappa shape index (κ1) is 12.6. The van der Waals surface area contributed by atoms with E-state index >= 15 is 0 Å². The van der Waals surface area contributed by atoms with E-state index in [4.69, 9.17) is 15.2 Å². The fourth-order valence-corrected chi connectivity index (χ4v) is 2.20. The number of pyridine rings is 1. The maximum absolute atomic E-state index is 5.88. The lowest BCUT2D eigenvalue weighted by Gasteiger charge is -2.07. The summed E-state index contributed by atoms with van der Waals surface area (Å²) in [4.78, 5) is 5.36. The topological polar surface area (TPSA) is 57.4 Å². The number of nitrogen functional groups attached to an aromatic ring is 1. The van der Waals surface area contributed by atoms with Crippen LogP contribution in [0.5, 0.6) is 11.6 Å². The Labute approximate surface area is 110 Å². The lowest BCUT2D eigenvalue weighted by Crippen LogP contribution is -1.94. The van der Waals surface area contributed by atoms with Crippen LogP contribution >= 0.6 is 11.8 Å². The van der Waals surface area contributed by atoms with E-state index < -0.39 is 0 Å². The van der Waals surface area contributed by atoms with Gasteiger partial charge >= 0.3 is 0 Å². The van der Waals surface area contributed by atoms with Gasteiger partial charge < -0.3 is 15.2 Å². The van der Waals surface area contributed by atoms with Crippen LogP contribution in [0, 0.1) is 0 Å². The molecule has 1 aromatic heterocycles. The number of hydrogen-bond acceptors (Lipinski definition) is 5. The molecule has 0 bridgehead atoms. The summed E-state index contributed by atoms with van der Waals surface area (Å²) >= 11 is 1.49. The Morgan fingerprint density at radius 3 is 2.33 bits per heavy atom. The van der Waals surface area contributed by atoms with Crippen LogP contribution in [-0.4, -0.2) is 19.2 Å². The third-order valence-corrected chi connectivity index (χ3v) is 3.38. The highest BCUT2D eigenvalue weighted by Gasteiger charge is 2.06. The number of benzene rings is 1. The number of nitrogens with two attached hydrogens (primary N) is 1. The maximum Gasteiger partial charge on any atom is 0.214 e. The van der Waals surface area contributed by atoms with Crippen molar-refractivity contribution < 1.29 is 9.47 Å². The van der Waals surface area contributed by atoms with E-state index in [1.54, 1.807) is 26.4 Å². The SMILES string of the molecule is COc1ccc(Sc2nc(OC)ccc2N)cc1. The van der Waals surface area contributed by atoms with Gasteiger partial charge in [-0.3, -0.25) is 0 Å². The molecule has 0 amide bonds. The monoisotopic (exact) mass is 262 g/mol. The first-order valence-corrected chi connectivity index (χ1v) is 6.17. The number of nitrogens with zero attached hydrogens (tertiary/aromatic N) is 1. The van der Waals surface area contributed by atoms with Crippen LogP contribution in [0.1, 0.15) is 0 Å². The molecule has 0 unspecified atom stereocenters. The van der Waals surface area contributed by atoms with Crippen molar-refractivity contribution in [1.82, 2.24) is 4.98 Å². The molecule has 0 saturated carbocycles. The Hall–Kier alpha value is -1.88. The van der Waals surface area contributed by atoms with Crippen molar-refractivity contribution in [2.24, 2.45) is 0 Å². The summed E-state index contributed by atoms with van der Waals surface area (Å²) in [5, 5.41) is 0.736. The molecule has 4 nitrogen and oxygen atoms in total. The smallest absolute Gasteiger partial charge is 0.214 e. The van der Waals surface area contributed by atoms with Gasteiger partial charge in [0.25, 0.3) is 0 Å². The van der Waals surface area contributed by atoms with Gasteiger partial charge in [-0.2, -0.15) is 0 Å². The zero-order valence-electron chi connectivity index (χ0n) is 10.2. The van der Waals surface area contributed by atoms with Gasteiger partial charge in [-0.05, 0) is 30.3 Å². The van der Waals surface area contributed by atoms with Gasteiger partial charge in [0.2, 0.25) is 5.88 Å². The average molecular weight is 262 g/mol. The molecule has 5 heteroatoms. The lowest BCUT2D eigenvalue weighted by molar-refractivity contribution is 0.395. The molecule has 2 N–H and O–H groups in total. The highest BCUT2D eigenvalue weighted by atomic mass is 32.2. The molecule has 0 fully saturated rings. The Kier molecular flexibility index (Phi) is 3.94. The summed E-state index contributed by atoms with van der Waals surface area (Å²) in [6.45, 7) is 0. The summed E-state index contributed by atoms with van der Waals surface area (Å²) in [5.74, 6) is 1.38. The lowest BCUT2D eigenvalue weighted by atomic mass is 10.3. The van der Waals surface area contributed by atoms with Gasteiger partial charge in [-0.25, -0.2) is 4.98 Å². The molecule has 2 rings (SSSR count). The molecule has 0 aliphatic carbocycles. The van der Waals surface area contributed by atoms with Crippen molar-refractivity contribution in [3.63, 3.8) is 0 Å². The van der Waals surface area contributed by atoms with Crippen molar-refractivity contribution in [3.8, 4) is 11.6 Å². The zero-order chi connectivity index (χ0) is 13.0. The van der Waals surface area contributed by atoms with Gasteiger partial charge in [0.1, 0.15) is 10.8 Å². The Morgan fingerprint density at radius 2 is 1.72 bits per heavy atom. The molecular weight excluding hydrogens is 248 g/mol. The third kappa shape index (κ3) is 2.87. The summed E-state index contributed by atoms with van der Waals surface area (Å²) in [6.07, 6.45) is 0. The largest absolute Gasteiger partial charge is 0.497 e. The number of hydrogen-bond donors (Lipinski definition) is 1. The number of aromatic nitrogens is 1. The molecule has 0 saturated heterocycles. The summed E-state index contributed by atoms with van der Waals surface area (Å²) in [5.41, 5.74) is 6.52. The van der Waals surface area contributed by atoms with Crippen LogP contribution in [-0.2, 0) is 0 Å². The first-order chi connectivity index (χ1) is 8.72. The van der Waals surface area contributed by atoms with Gasteiger partial charge in [-0.15, -0.1) is 0 Å². The van der Waals surface area contributed by atoms with Crippen molar-refractivity contribution in [2.75, 3.05) is 20.0 Å². The van der Waals surface area contributed by atoms with E-state index in [0.29, 0.717) is 11.6 Å². The van der Waals surface area contributed by atoms with Crippen LogP contribution in [0.25, 0.3) is 0 Å². The third-order valence-electron chi connectivity index (χ3n) is 2.35. The molecular formula is C13H14N2O2S. The van der Waals surface area contributed by atoms with E-state index in [9.17, 15) is 0 Å². The fraction of sp³-hybridized carbons (Fsp3) is 0.154. The molecule has 2 aromatic rings. The van der Waals surface area contributed by atoms with E-state index in [1.807, 2.05) is 24.3 Å². The second-order valence-corrected chi connectivity index (χ2v) is 4.59. The van der Waals surface area contributed by atoms with Crippen molar-refractivity contribution in [3.05, 3.63) is 36.4 Å². The summed E-state index contributed by atoms with van der Waals surface area (Å²) in [7, 11) is 3.23. The molecule has 0 aliphatic rings. The molecule has 1 heterocycles. The normalized spacial score (nSPS) is 10.1. The van der Waals surface area contributed by atoms with Crippen molar-refractivity contribution in [1.29, 1.82) is 0 Å². The highest BCUT2D eigenvalue weighted by molar-refractivity contribution is 7.99. The number of methoxy groups -OCH3 is 2. The van der Waals surface area contributed by atoms with Crippen LogP contribution in [0.4, 0.5) is 5.69 Å². The van der Waals surface area contributed by atoms with Gasteiger partial charge in [-0.1, -0.05) is 11.8 Å².